The van der Waals surface area contributed by atoms with Crippen LogP contribution in [0, 0.1) is 5.92 Å². The number of hydrogen-bond acceptors (Lipinski definition) is 3. The molecule has 1 aliphatic rings. The molecule has 1 aromatic carbocycles. The Hall–Kier alpha value is -1.94. The highest BCUT2D eigenvalue weighted by Crippen LogP contribution is 2.19. The third kappa shape index (κ3) is 3.79. The molecule has 0 N–H and O–H groups in total. The van der Waals surface area contributed by atoms with E-state index in [1.54, 1.807) is 0 Å². The number of aromatic nitrogens is 2. The van der Waals surface area contributed by atoms with Crippen molar-refractivity contribution in [2.24, 2.45) is 5.92 Å². The van der Waals surface area contributed by atoms with Crippen LogP contribution in [0.4, 0.5) is 0 Å². The Morgan fingerprint density at radius 2 is 1.95 bits per heavy atom. The van der Waals surface area contributed by atoms with Gasteiger partial charge in [0.15, 0.2) is 5.78 Å². The number of nitrogens with zero attached hydrogens (tertiary/aromatic N) is 3. The van der Waals surface area contributed by atoms with Gasteiger partial charge >= 0.3 is 0 Å². The second kappa shape index (κ2) is 6.68. The van der Waals surface area contributed by atoms with Crippen LogP contribution in [-0.2, 0) is 6.54 Å². The van der Waals surface area contributed by atoms with E-state index in [0.29, 0.717) is 12.5 Å². The van der Waals surface area contributed by atoms with Gasteiger partial charge in [0.2, 0.25) is 0 Å². The summed E-state index contributed by atoms with van der Waals surface area (Å²) in [6.07, 6.45) is 8.03. The largest absolute Gasteiger partial charge is 0.337 e. The highest BCUT2D eigenvalue weighted by molar-refractivity contribution is 5.97. The molecule has 0 spiro atoms. The van der Waals surface area contributed by atoms with E-state index in [-0.39, 0.29) is 5.78 Å². The van der Waals surface area contributed by atoms with Crippen LogP contribution in [-0.4, -0.2) is 39.9 Å². The lowest BCUT2D eigenvalue weighted by atomic mass is 9.96. The minimum atomic E-state index is 0.226. The summed E-state index contributed by atoms with van der Waals surface area (Å²) in [5.41, 5.74) is 0.818. The maximum absolute atomic E-state index is 12.2. The van der Waals surface area contributed by atoms with Crippen LogP contribution in [0.3, 0.4) is 0 Å². The van der Waals surface area contributed by atoms with Gasteiger partial charge in [0.05, 0.1) is 12.9 Å². The summed E-state index contributed by atoms with van der Waals surface area (Å²) in [5.74, 6) is 0.922. The molecule has 4 nitrogen and oxygen atoms in total. The normalized spacial score (nSPS) is 17.0. The van der Waals surface area contributed by atoms with Crippen LogP contribution in [0.2, 0.25) is 0 Å². The number of benzene rings is 1. The van der Waals surface area contributed by atoms with Gasteiger partial charge in [-0.15, -0.1) is 0 Å². The Labute approximate surface area is 125 Å². The van der Waals surface area contributed by atoms with Gasteiger partial charge in [0, 0.05) is 24.5 Å². The first-order valence-electron chi connectivity index (χ1n) is 7.57. The van der Waals surface area contributed by atoms with E-state index in [4.69, 9.17) is 0 Å². The summed E-state index contributed by atoms with van der Waals surface area (Å²) < 4.78 is 2.15. The predicted molar refractivity (Wildman–Crippen MR) is 82.2 cm³/mol. The molecule has 21 heavy (non-hydrogen) atoms. The van der Waals surface area contributed by atoms with Crippen molar-refractivity contribution in [1.82, 2.24) is 14.5 Å². The molecule has 110 valence electrons. The summed E-state index contributed by atoms with van der Waals surface area (Å²) in [6, 6.07) is 9.58. The quantitative estimate of drug-likeness (QED) is 0.791. The minimum absolute atomic E-state index is 0.226. The first-order valence-corrected chi connectivity index (χ1v) is 7.57. The molecule has 0 unspecified atom stereocenters. The molecule has 3 rings (SSSR count). The number of likely N-dealkylation sites (tertiary alicyclic amines) is 1. The monoisotopic (exact) mass is 283 g/mol. The topological polar surface area (TPSA) is 38.1 Å². The Balaban J connectivity index is 1.46. The van der Waals surface area contributed by atoms with Crippen molar-refractivity contribution in [3.05, 3.63) is 54.6 Å². The molecule has 0 amide bonds. The number of piperidine rings is 1. The predicted octanol–water partition coefficient (Wildman–Crippen LogP) is 2.48. The van der Waals surface area contributed by atoms with E-state index in [1.807, 2.05) is 49.1 Å². The van der Waals surface area contributed by atoms with Gasteiger partial charge in [0.25, 0.3) is 0 Å². The van der Waals surface area contributed by atoms with Gasteiger partial charge in [-0.1, -0.05) is 30.3 Å². The maximum Gasteiger partial charge on any atom is 0.176 e. The third-order valence-electron chi connectivity index (χ3n) is 4.20. The fourth-order valence-electron chi connectivity index (χ4n) is 2.94. The van der Waals surface area contributed by atoms with Gasteiger partial charge in [-0.2, -0.15) is 0 Å². The summed E-state index contributed by atoms with van der Waals surface area (Å²) in [6.45, 7) is 3.61. The Morgan fingerprint density at radius 3 is 2.62 bits per heavy atom. The molecule has 2 aromatic rings. The van der Waals surface area contributed by atoms with E-state index >= 15 is 0 Å². The Kier molecular flexibility index (Phi) is 4.46. The number of Topliss-reactive ketones (excluding diaryl/α,β-unsaturated/α-hetero) is 1. The molecule has 4 heteroatoms. The molecule has 0 atom stereocenters. The van der Waals surface area contributed by atoms with Gasteiger partial charge in [-0.05, 0) is 31.8 Å². The molecule has 0 radical (unpaired) electrons. The Bertz CT molecular complexity index is 557. The van der Waals surface area contributed by atoms with Crippen molar-refractivity contribution < 1.29 is 4.79 Å². The van der Waals surface area contributed by atoms with E-state index < -0.39 is 0 Å². The summed E-state index contributed by atoms with van der Waals surface area (Å²) >= 11 is 0. The summed E-state index contributed by atoms with van der Waals surface area (Å²) in [7, 11) is 0. The minimum Gasteiger partial charge on any atom is -0.337 e. The molecule has 1 fully saturated rings. The summed E-state index contributed by atoms with van der Waals surface area (Å²) in [4.78, 5) is 18.6. The standard InChI is InChI=1S/C17H21N3O/c21-17(16-4-2-1-3-5-16)13-19-9-6-15(7-10-19)12-20-11-8-18-14-20/h1-5,8,11,14-15H,6-7,9-10,12-13H2. The number of ketones is 1. The number of hydrogen-bond donors (Lipinski definition) is 0. The van der Waals surface area contributed by atoms with Crippen LogP contribution in [0.1, 0.15) is 23.2 Å². The zero-order valence-electron chi connectivity index (χ0n) is 12.2. The van der Waals surface area contributed by atoms with E-state index in [9.17, 15) is 4.79 Å². The first kappa shape index (κ1) is 14.0. The van der Waals surface area contributed by atoms with E-state index in [2.05, 4.69) is 14.5 Å². The van der Waals surface area contributed by atoms with Crippen LogP contribution in [0.15, 0.2) is 49.1 Å². The number of imidazole rings is 1. The second-order valence-corrected chi connectivity index (χ2v) is 5.77. The zero-order valence-corrected chi connectivity index (χ0v) is 12.2. The van der Waals surface area contributed by atoms with E-state index in [1.165, 1.54) is 0 Å². The molecule has 1 saturated heterocycles. The smallest absolute Gasteiger partial charge is 0.176 e. The van der Waals surface area contributed by atoms with Crippen molar-refractivity contribution in [2.75, 3.05) is 19.6 Å². The molecule has 1 aliphatic heterocycles. The molecular weight excluding hydrogens is 262 g/mol. The van der Waals surface area contributed by atoms with Crippen LogP contribution < -0.4 is 0 Å². The average molecular weight is 283 g/mol. The van der Waals surface area contributed by atoms with Crippen LogP contribution in [0.25, 0.3) is 0 Å². The molecule has 2 heterocycles. The van der Waals surface area contributed by atoms with E-state index in [0.717, 1.165) is 38.0 Å². The molecular formula is C17H21N3O. The Morgan fingerprint density at radius 1 is 1.19 bits per heavy atom. The van der Waals surface area contributed by atoms with Crippen molar-refractivity contribution in [1.29, 1.82) is 0 Å². The molecule has 0 bridgehead atoms. The zero-order chi connectivity index (χ0) is 14.5. The number of carbonyl (C=O) groups is 1. The van der Waals surface area contributed by atoms with Gasteiger partial charge in [-0.3, -0.25) is 9.69 Å². The molecule has 0 saturated carbocycles. The van der Waals surface area contributed by atoms with Crippen LogP contribution >= 0.6 is 0 Å². The third-order valence-corrected chi connectivity index (χ3v) is 4.20. The summed E-state index contributed by atoms with van der Waals surface area (Å²) in [5, 5.41) is 0. The lowest BCUT2D eigenvalue weighted by Gasteiger charge is -2.31. The fraction of sp³-hybridized carbons (Fsp3) is 0.412. The van der Waals surface area contributed by atoms with Crippen molar-refractivity contribution >= 4 is 5.78 Å². The SMILES string of the molecule is O=C(CN1CCC(Cn2ccnc2)CC1)c1ccccc1. The lowest BCUT2D eigenvalue weighted by molar-refractivity contribution is 0.0890. The number of carbonyl (C=O) groups excluding carboxylic acids is 1. The van der Waals surface area contributed by atoms with Crippen LogP contribution in [0.5, 0.6) is 0 Å². The van der Waals surface area contributed by atoms with Gasteiger partial charge in [-0.25, -0.2) is 4.98 Å². The molecule has 1 aromatic heterocycles. The number of rotatable bonds is 5. The van der Waals surface area contributed by atoms with Gasteiger partial charge < -0.3 is 4.57 Å². The molecule has 0 aliphatic carbocycles. The van der Waals surface area contributed by atoms with Crippen molar-refractivity contribution in [2.45, 2.75) is 19.4 Å². The lowest BCUT2D eigenvalue weighted by Crippen LogP contribution is -2.38. The maximum atomic E-state index is 12.2. The first-order chi connectivity index (χ1) is 10.3. The second-order valence-electron chi connectivity index (χ2n) is 5.77. The fourth-order valence-corrected chi connectivity index (χ4v) is 2.94. The highest BCUT2D eigenvalue weighted by Gasteiger charge is 2.21. The van der Waals surface area contributed by atoms with Crippen molar-refractivity contribution in [3.8, 4) is 0 Å². The van der Waals surface area contributed by atoms with Gasteiger partial charge in [0.1, 0.15) is 0 Å². The van der Waals surface area contributed by atoms with Crippen molar-refractivity contribution in [3.63, 3.8) is 0 Å². The highest BCUT2D eigenvalue weighted by atomic mass is 16.1. The average Bonchev–Trinajstić information content (AvgIpc) is 3.03.